The van der Waals surface area contributed by atoms with E-state index in [-0.39, 0.29) is 4.83 Å². The lowest BCUT2D eigenvalue weighted by Gasteiger charge is -2.13. The summed E-state index contributed by atoms with van der Waals surface area (Å²) in [5.41, 5.74) is 2.55. The minimum atomic E-state index is 0.287. The highest BCUT2D eigenvalue weighted by molar-refractivity contribution is 9.11. The molecule has 2 aromatic carbocycles. The summed E-state index contributed by atoms with van der Waals surface area (Å²) in [7, 11) is 0. The van der Waals surface area contributed by atoms with Crippen molar-refractivity contribution < 1.29 is 4.74 Å². The van der Waals surface area contributed by atoms with Crippen LogP contribution >= 0.6 is 47.8 Å². The maximum Gasteiger partial charge on any atom is 0.133 e. The Hall–Kier alpha value is -0.320. The Morgan fingerprint density at radius 3 is 2.38 bits per heavy atom. The van der Waals surface area contributed by atoms with Crippen LogP contribution in [-0.4, -0.2) is 6.61 Å². The molecule has 0 aromatic heterocycles. The molecule has 0 heterocycles. The summed E-state index contributed by atoms with van der Waals surface area (Å²) in [6, 6.07) is 14.7. The first kappa shape index (κ1) is 17.0. The van der Waals surface area contributed by atoms with Crippen molar-refractivity contribution in [2.24, 2.45) is 0 Å². The fraction of sp³-hybridized carbons (Fsp3) is 0.294. The molecule has 1 nitrogen and oxygen atoms in total. The summed E-state index contributed by atoms with van der Waals surface area (Å²) in [5.74, 6) is 0.906. The monoisotopic (exact) mass is 474 g/mol. The predicted molar refractivity (Wildman–Crippen MR) is 99.4 cm³/mol. The van der Waals surface area contributed by atoms with Crippen LogP contribution < -0.4 is 4.74 Å². The third-order valence-corrected chi connectivity index (χ3v) is 5.11. The molecule has 4 heteroatoms. The van der Waals surface area contributed by atoms with E-state index in [1.807, 2.05) is 6.07 Å². The fourth-order valence-corrected chi connectivity index (χ4v) is 3.42. The van der Waals surface area contributed by atoms with Gasteiger partial charge in [-0.1, -0.05) is 57.0 Å². The van der Waals surface area contributed by atoms with E-state index in [0.29, 0.717) is 0 Å². The molecule has 0 radical (unpaired) electrons. The van der Waals surface area contributed by atoms with Gasteiger partial charge in [0.15, 0.2) is 0 Å². The highest BCUT2D eigenvalue weighted by Gasteiger charge is 2.11. The third kappa shape index (κ3) is 5.11. The zero-order valence-electron chi connectivity index (χ0n) is 11.8. The third-order valence-electron chi connectivity index (χ3n) is 3.11. The van der Waals surface area contributed by atoms with E-state index in [2.05, 4.69) is 91.1 Å². The smallest absolute Gasteiger partial charge is 0.133 e. The molecule has 0 spiro atoms. The fourth-order valence-electron chi connectivity index (χ4n) is 1.99. The van der Waals surface area contributed by atoms with Crippen LogP contribution in [0.5, 0.6) is 5.75 Å². The lowest BCUT2D eigenvalue weighted by molar-refractivity contribution is 0.315. The van der Waals surface area contributed by atoms with E-state index in [4.69, 9.17) is 4.74 Å². The van der Waals surface area contributed by atoms with Gasteiger partial charge in [-0.25, -0.2) is 0 Å². The maximum absolute atomic E-state index is 5.68. The summed E-state index contributed by atoms with van der Waals surface area (Å²) in [6.45, 7) is 2.85. The van der Waals surface area contributed by atoms with Crippen LogP contribution in [0, 0.1) is 0 Å². The van der Waals surface area contributed by atoms with Crippen LogP contribution in [0.4, 0.5) is 0 Å². The second-order valence-electron chi connectivity index (χ2n) is 4.84. The molecule has 1 unspecified atom stereocenters. The second-order valence-corrected chi connectivity index (χ2v) is 7.71. The standard InChI is InChI=1S/C17H17Br3O/c1-2-9-21-17-8-5-13(11-16(17)20)15(19)10-12-3-6-14(18)7-4-12/h3-8,11,15H,2,9-10H2,1H3. The first-order valence-corrected chi connectivity index (χ1v) is 9.41. The van der Waals surface area contributed by atoms with E-state index in [9.17, 15) is 0 Å². The van der Waals surface area contributed by atoms with E-state index >= 15 is 0 Å². The Balaban J connectivity index is 2.06. The minimum Gasteiger partial charge on any atom is -0.492 e. The van der Waals surface area contributed by atoms with Crippen molar-refractivity contribution in [3.05, 3.63) is 62.5 Å². The zero-order valence-corrected chi connectivity index (χ0v) is 16.5. The van der Waals surface area contributed by atoms with Gasteiger partial charge < -0.3 is 4.74 Å². The largest absolute Gasteiger partial charge is 0.492 e. The van der Waals surface area contributed by atoms with Gasteiger partial charge in [0, 0.05) is 9.30 Å². The molecule has 112 valence electrons. The molecule has 0 aliphatic rings. The first-order chi connectivity index (χ1) is 10.1. The summed E-state index contributed by atoms with van der Waals surface area (Å²) < 4.78 is 7.80. The topological polar surface area (TPSA) is 9.23 Å². The second kappa shape index (κ2) is 8.35. The van der Waals surface area contributed by atoms with Crippen molar-refractivity contribution in [3.63, 3.8) is 0 Å². The number of hydrogen-bond donors (Lipinski definition) is 0. The van der Waals surface area contributed by atoms with Crippen molar-refractivity contribution in [1.82, 2.24) is 0 Å². The highest BCUT2D eigenvalue weighted by Crippen LogP contribution is 2.33. The SMILES string of the molecule is CCCOc1ccc(C(Br)Cc2ccc(Br)cc2)cc1Br. The summed E-state index contributed by atoms with van der Waals surface area (Å²) >= 11 is 10.8. The van der Waals surface area contributed by atoms with Crippen molar-refractivity contribution >= 4 is 47.8 Å². The predicted octanol–water partition coefficient (Wildman–Crippen LogP) is 6.68. The number of halogens is 3. The number of benzene rings is 2. The van der Waals surface area contributed by atoms with Gasteiger partial charge >= 0.3 is 0 Å². The van der Waals surface area contributed by atoms with Gasteiger partial charge in [0.05, 0.1) is 11.1 Å². The molecule has 0 saturated carbocycles. The van der Waals surface area contributed by atoms with Gasteiger partial charge in [0.1, 0.15) is 5.75 Å². The lowest BCUT2D eigenvalue weighted by atomic mass is 10.0. The van der Waals surface area contributed by atoms with Gasteiger partial charge in [-0.2, -0.15) is 0 Å². The van der Waals surface area contributed by atoms with Gasteiger partial charge in [0.25, 0.3) is 0 Å². The van der Waals surface area contributed by atoms with E-state index in [1.54, 1.807) is 0 Å². The molecule has 0 bridgehead atoms. The van der Waals surface area contributed by atoms with Crippen LogP contribution in [0.1, 0.15) is 29.3 Å². The number of hydrogen-bond acceptors (Lipinski definition) is 1. The normalized spacial score (nSPS) is 12.2. The summed E-state index contributed by atoms with van der Waals surface area (Å²) in [4.78, 5) is 0.287. The Morgan fingerprint density at radius 2 is 1.76 bits per heavy atom. The Labute approximate surface area is 151 Å². The van der Waals surface area contributed by atoms with Crippen molar-refractivity contribution in [1.29, 1.82) is 0 Å². The van der Waals surface area contributed by atoms with E-state index < -0.39 is 0 Å². The van der Waals surface area contributed by atoms with Crippen LogP contribution in [0.3, 0.4) is 0 Å². The van der Waals surface area contributed by atoms with Gasteiger partial charge in [-0.05, 0) is 64.2 Å². The van der Waals surface area contributed by atoms with Crippen LogP contribution in [0.2, 0.25) is 0 Å². The molecule has 0 N–H and O–H groups in total. The quantitative estimate of drug-likeness (QED) is 0.422. The molecule has 1 atom stereocenters. The zero-order chi connectivity index (χ0) is 15.2. The molecule has 0 aliphatic carbocycles. The van der Waals surface area contributed by atoms with E-state index in [1.165, 1.54) is 11.1 Å². The average molecular weight is 477 g/mol. The van der Waals surface area contributed by atoms with Crippen LogP contribution in [-0.2, 0) is 6.42 Å². The molecule has 2 rings (SSSR count). The van der Waals surface area contributed by atoms with Crippen molar-refractivity contribution in [2.75, 3.05) is 6.61 Å². The number of alkyl halides is 1. The van der Waals surface area contributed by atoms with Crippen LogP contribution in [0.15, 0.2) is 51.4 Å². The summed E-state index contributed by atoms with van der Waals surface area (Å²) in [5, 5.41) is 0. The van der Waals surface area contributed by atoms with Crippen molar-refractivity contribution in [2.45, 2.75) is 24.6 Å². The average Bonchev–Trinajstić information content (AvgIpc) is 2.48. The lowest BCUT2D eigenvalue weighted by Crippen LogP contribution is -1.98. The van der Waals surface area contributed by atoms with Gasteiger partial charge in [0.2, 0.25) is 0 Å². The van der Waals surface area contributed by atoms with Crippen molar-refractivity contribution in [3.8, 4) is 5.75 Å². The molecule has 0 amide bonds. The molecule has 0 aliphatic heterocycles. The van der Waals surface area contributed by atoms with Crippen LogP contribution in [0.25, 0.3) is 0 Å². The summed E-state index contributed by atoms with van der Waals surface area (Å²) in [6.07, 6.45) is 1.97. The van der Waals surface area contributed by atoms with Gasteiger partial charge in [-0.3, -0.25) is 0 Å². The molecule has 2 aromatic rings. The Morgan fingerprint density at radius 1 is 1.05 bits per heavy atom. The molecular formula is C17H17Br3O. The first-order valence-electron chi connectivity index (χ1n) is 6.91. The molecular weight excluding hydrogens is 460 g/mol. The molecule has 0 fully saturated rings. The number of rotatable bonds is 6. The van der Waals surface area contributed by atoms with E-state index in [0.717, 1.165) is 34.1 Å². The minimum absolute atomic E-state index is 0.287. The Kier molecular flexibility index (Phi) is 6.77. The highest BCUT2D eigenvalue weighted by atomic mass is 79.9. The molecule has 0 saturated heterocycles. The molecule has 21 heavy (non-hydrogen) atoms. The number of ether oxygens (including phenoxy) is 1. The van der Waals surface area contributed by atoms with Gasteiger partial charge in [-0.15, -0.1) is 0 Å². The Bertz CT molecular complexity index is 581. The maximum atomic E-state index is 5.68.